The quantitative estimate of drug-likeness (QED) is 0.803. The lowest BCUT2D eigenvalue weighted by Gasteiger charge is -2.10. The lowest BCUT2D eigenvalue weighted by atomic mass is 10.1. The Hall–Kier alpha value is -0.530. The van der Waals surface area contributed by atoms with Gasteiger partial charge in [0, 0.05) is 22.4 Å². The van der Waals surface area contributed by atoms with E-state index in [9.17, 15) is 4.79 Å². The number of thiophene rings is 1. The SMILES string of the molecule is NC(=O)CC(N)c1cc(Br)sc1Sc1ccc(Cl)cc1. The third-order valence-electron chi connectivity index (χ3n) is 2.54. The molecule has 2 rings (SSSR count). The standard InChI is InChI=1S/C13H12BrClN2OS2/c14-11-5-9(10(16)6-12(17)18)13(20-11)19-8-3-1-7(15)2-4-8/h1-5,10H,6,16H2,(H2,17,18). The summed E-state index contributed by atoms with van der Waals surface area (Å²) >= 11 is 12.5. The Kier molecular flexibility index (Phi) is 5.51. The van der Waals surface area contributed by atoms with E-state index in [2.05, 4.69) is 15.9 Å². The minimum Gasteiger partial charge on any atom is -0.370 e. The fraction of sp³-hybridized carbons (Fsp3) is 0.154. The number of hydrogen-bond donors (Lipinski definition) is 2. The Bertz CT molecular complexity index is 615. The minimum atomic E-state index is -0.401. The number of hydrogen-bond acceptors (Lipinski definition) is 4. The zero-order valence-electron chi connectivity index (χ0n) is 10.3. The summed E-state index contributed by atoms with van der Waals surface area (Å²) < 4.78 is 2.02. The molecule has 4 N–H and O–H groups in total. The molecule has 3 nitrogen and oxygen atoms in total. The molecule has 1 unspecified atom stereocenters. The van der Waals surface area contributed by atoms with Crippen LogP contribution in [0.5, 0.6) is 0 Å². The third-order valence-corrected chi connectivity index (χ3v) is 5.67. The van der Waals surface area contributed by atoms with Gasteiger partial charge in [-0.2, -0.15) is 0 Å². The molecule has 1 atom stereocenters. The van der Waals surface area contributed by atoms with Crippen LogP contribution in [-0.2, 0) is 4.79 Å². The maximum absolute atomic E-state index is 11.0. The molecule has 0 saturated carbocycles. The van der Waals surface area contributed by atoms with Crippen molar-refractivity contribution in [3.63, 3.8) is 0 Å². The van der Waals surface area contributed by atoms with Crippen molar-refractivity contribution in [1.82, 2.24) is 0 Å². The van der Waals surface area contributed by atoms with Crippen molar-refractivity contribution < 1.29 is 4.79 Å². The third kappa shape index (κ3) is 4.23. The highest BCUT2D eigenvalue weighted by atomic mass is 79.9. The summed E-state index contributed by atoms with van der Waals surface area (Å²) in [6, 6.07) is 9.14. The summed E-state index contributed by atoms with van der Waals surface area (Å²) in [5, 5.41) is 0.701. The van der Waals surface area contributed by atoms with Crippen LogP contribution in [0.25, 0.3) is 0 Å². The second-order valence-electron chi connectivity index (χ2n) is 4.13. The van der Waals surface area contributed by atoms with E-state index < -0.39 is 5.91 Å². The number of rotatable bonds is 5. The van der Waals surface area contributed by atoms with E-state index in [1.165, 1.54) is 0 Å². The molecule has 106 valence electrons. The van der Waals surface area contributed by atoms with Crippen LogP contribution in [0, 0.1) is 0 Å². The van der Waals surface area contributed by atoms with Gasteiger partial charge in [-0.1, -0.05) is 23.4 Å². The lowest BCUT2D eigenvalue weighted by molar-refractivity contribution is -0.118. The highest BCUT2D eigenvalue weighted by Crippen LogP contribution is 2.41. The van der Waals surface area contributed by atoms with Crippen molar-refractivity contribution in [3.05, 3.63) is 44.7 Å². The maximum atomic E-state index is 11.0. The molecule has 2 aromatic rings. The summed E-state index contributed by atoms with van der Waals surface area (Å²) in [6.45, 7) is 0. The van der Waals surface area contributed by atoms with Gasteiger partial charge < -0.3 is 11.5 Å². The van der Waals surface area contributed by atoms with Gasteiger partial charge in [-0.15, -0.1) is 11.3 Å². The van der Waals surface area contributed by atoms with Crippen LogP contribution < -0.4 is 11.5 Å². The van der Waals surface area contributed by atoms with E-state index in [0.717, 1.165) is 18.5 Å². The summed E-state index contributed by atoms with van der Waals surface area (Å²) in [6.07, 6.45) is 0.136. The predicted molar refractivity (Wildman–Crippen MR) is 88.3 cm³/mol. The number of primary amides is 1. The van der Waals surface area contributed by atoms with E-state index in [0.29, 0.717) is 5.02 Å². The number of carbonyl (C=O) groups excluding carboxylic acids is 1. The van der Waals surface area contributed by atoms with E-state index in [1.54, 1.807) is 23.1 Å². The van der Waals surface area contributed by atoms with E-state index in [4.69, 9.17) is 23.1 Å². The number of carbonyl (C=O) groups is 1. The second-order valence-corrected chi connectivity index (χ2v) is 8.34. The van der Waals surface area contributed by atoms with Gasteiger partial charge in [0.05, 0.1) is 8.00 Å². The van der Waals surface area contributed by atoms with Crippen LogP contribution in [-0.4, -0.2) is 5.91 Å². The molecular weight excluding hydrogens is 380 g/mol. The summed E-state index contributed by atoms with van der Waals surface area (Å²) in [4.78, 5) is 12.1. The first-order valence-corrected chi connectivity index (χ1v) is 8.52. The Morgan fingerprint density at radius 1 is 1.40 bits per heavy atom. The number of halogens is 2. The van der Waals surface area contributed by atoms with E-state index in [-0.39, 0.29) is 12.5 Å². The Morgan fingerprint density at radius 3 is 2.65 bits per heavy atom. The molecule has 20 heavy (non-hydrogen) atoms. The molecule has 0 aliphatic heterocycles. The van der Waals surface area contributed by atoms with Crippen LogP contribution in [0.15, 0.2) is 43.2 Å². The zero-order valence-corrected chi connectivity index (χ0v) is 14.3. The van der Waals surface area contributed by atoms with Crippen molar-refractivity contribution in [1.29, 1.82) is 0 Å². The molecule has 0 radical (unpaired) electrons. The molecule has 0 fully saturated rings. The van der Waals surface area contributed by atoms with Crippen LogP contribution in [0.4, 0.5) is 0 Å². The largest absolute Gasteiger partial charge is 0.370 e. The van der Waals surface area contributed by atoms with Crippen LogP contribution in [0.3, 0.4) is 0 Å². The number of amides is 1. The Balaban J connectivity index is 2.23. The molecule has 1 aromatic carbocycles. The molecule has 0 aliphatic rings. The van der Waals surface area contributed by atoms with Crippen molar-refractivity contribution in [2.75, 3.05) is 0 Å². The first-order valence-electron chi connectivity index (χ1n) is 5.72. The second kappa shape index (κ2) is 6.95. The Labute approximate surface area is 138 Å². The van der Waals surface area contributed by atoms with Crippen molar-refractivity contribution in [2.45, 2.75) is 21.6 Å². The van der Waals surface area contributed by atoms with E-state index in [1.807, 2.05) is 30.3 Å². The topological polar surface area (TPSA) is 69.1 Å². The van der Waals surface area contributed by atoms with Crippen molar-refractivity contribution in [3.8, 4) is 0 Å². The molecule has 0 saturated heterocycles. The number of benzene rings is 1. The van der Waals surface area contributed by atoms with Gasteiger partial charge in [0.2, 0.25) is 5.91 Å². The molecule has 1 amide bonds. The zero-order chi connectivity index (χ0) is 14.7. The Morgan fingerprint density at radius 2 is 2.05 bits per heavy atom. The predicted octanol–water partition coefficient (Wildman–Crippen LogP) is 4.19. The molecule has 1 aromatic heterocycles. The van der Waals surface area contributed by atoms with Gasteiger partial charge in [-0.25, -0.2) is 0 Å². The van der Waals surface area contributed by atoms with Gasteiger partial charge in [-0.3, -0.25) is 4.79 Å². The molecule has 0 bridgehead atoms. The van der Waals surface area contributed by atoms with Gasteiger partial charge >= 0.3 is 0 Å². The molecular formula is C13H12BrClN2OS2. The van der Waals surface area contributed by atoms with Crippen LogP contribution in [0.2, 0.25) is 5.02 Å². The molecule has 0 spiro atoms. The summed E-state index contributed by atoms with van der Waals surface area (Å²) in [5.41, 5.74) is 12.2. The van der Waals surface area contributed by atoms with Crippen molar-refractivity contribution >= 4 is 56.5 Å². The summed E-state index contributed by atoms with van der Waals surface area (Å²) in [5.74, 6) is -0.401. The van der Waals surface area contributed by atoms with Crippen LogP contribution >= 0.6 is 50.6 Å². The first kappa shape index (κ1) is 15.9. The number of nitrogens with two attached hydrogens (primary N) is 2. The molecule has 1 heterocycles. The minimum absolute atomic E-state index is 0.136. The monoisotopic (exact) mass is 390 g/mol. The van der Waals surface area contributed by atoms with Gasteiger partial charge in [0.15, 0.2) is 0 Å². The van der Waals surface area contributed by atoms with Gasteiger partial charge in [-0.05, 0) is 51.8 Å². The average Bonchev–Trinajstić information content (AvgIpc) is 2.72. The van der Waals surface area contributed by atoms with E-state index >= 15 is 0 Å². The molecule has 0 aliphatic carbocycles. The molecule has 7 heteroatoms. The fourth-order valence-electron chi connectivity index (χ4n) is 1.63. The fourth-order valence-corrected chi connectivity index (χ4v) is 5.04. The highest BCUT2D eigenvalue weighted by molar-refractivity contribution is 9.11. The summed E-state index contributed by atoms with van der Waals surface area (Å²) in [7, 11) is 0. The van der Waals surface area contributed by atoms with Gasteiger partial charge in [0.25, 0.3) is 0 Å². The van der Waals surface area contributed by atoms with Crippen molar-refractivity contribution in [2.24, 2.45) is 11.5 Å². The first-order chi connectivity index (χ1) is 9.45. The highest BCUT2D eigenvalue weighted by Gasteiger charge is 2.17. The smallest absolute Gasteiger partial charge is 0.219 e. The van der Waals surface area contributed by atoms with Crippen LogP contribution in [0.1, 0.15) is 18.0 Å². The lowest BCUT2D eigenvalue weighted by Crippen LogP contribution is -2.20. The van der Waals surface area contributed by atoms with Gasteiger partial charge in [0.1, 0.15) is 0 Å². The maximum Gasteiger partial charge on any atom is 0.219 e. The average molecular weight is 392 g/mol. The normalized spacial score (nSPS) is 12.3.